The molecule has 0 atom stereocenters. The van der Waals surface area contributed by atoms with Crippen molar-refractivity contribution >= 4 is 108 Å². The first-order valence-electron chi connectivity index (χ1n) is 23.2. The Morgan fingerprint density at radius 2 is 1.10 bits per heavy atom. The van der Waals surface area contributed by atoms with Crippen LogP contribution in [0.4, 0.5) is 17.2 Å². The Bertz CT molecular complexity index is 3740. The van der Waals surface area contributed by atoms with Crippen LogP contribution in [-0.4, -0.2) is 30.7 Å². The number of hydrogen-bond donors (Lipinski definition) is 0. The van der Waals surface area contributed by atoms with Crippen LogP contribution in [0.5, 0.6) is 0 Å². The number of rotatable bonds is 8. The predicted molar refractivity (Wildman–Crippen MR) is 287 cm³/mol. The maximum absolute atomic E-state index is 6.78. The topological polar surface area (TPSA) is 47.1 Å². The van der Waals surface area contributed by atoms with Crippen LogP contribution in [0.3, 0.4) is 0 Å². The second-order valence-corrected chi connectivity index (χ2v) is 25.2. The molecule has 0 N–H and O–H groups in total. The molecule has 0 saturated heterocycles. The Kier molecular flexibility index (Phi) is 9.35. The molecular formula is C61H44N4OSi2. The van der Waals surface area contributed by atoms with E-state index in [1.807, 2.05) is 12.3 Å². The number of furan rings is 1. The summed E-state index contributed by atoms with van der Waals surface area (Å²) in [5.74, 6) is 1.80. The highest BCUT2D eigenvalue weighted by atomic mass is 28.3. The number of aromatic nitrogens is 3. The van der Waals surface area contributed by atoms with Crippen molar-refractivity contribution in [3.05, 3.63) is 249 Å². The minimum atomic E-state index is -3.22. The highest BCUT2D eigenvalue weighted by Crippen LogP contribution is 2.41. The fraction of sp³-hybridized carbons (Fsp3) is 0.0164. The van der Waals surface area contributed by atoms with E-state index in [1.165, 1.54) is 41.5 Å². The fourth-order valence-corrected chi connectivity index (χ4v) is 21.5. The van der Waals surface area contributed by atoms with Crippen molar-refractivity contribution in [1.82, 2.24) is 14.5 Å². The monoisotopic (exact) mass is 904 g/mol. The third-order valence-corrected chi connectivity index (χ3v) is 23.9. The van der Waals surface area contributed by atoms with E-state index >= 15 is 0 Å². The fourth-order valence-electron chi connectivity index (χ4n) is 11.5. The number of benzene rings is 9. The molecule has 0 radical (unpaired) electrons. The summed E-state index contributed by atoms with van der Waals surface area (Å²) in [6.07, 6.45) is 1.91. The predicted octanol–water partition coefficient (Wildman–Crippen LogP) is 9.07. The zero-order chi connectivity index (χ0) is 45.2. The van der Waals surface area contributed by atoms with Gasteiger partial charge in [-0.3, -0.25) is 4.90 Å². The van der Waals surface area contributed by atoms with Crippen LogP contribution in [-0.2, 0) is 7.05 Å². The van der Waals surface area contributed by atoms with Gasteiger partial charge < -0.3 is 8.98 Å². The van der Waals surface area contributed by atoms with Crippen LogP contribution in [0.2, 0.25) is 0 Å². The maximum atomic E-state index is 6.78. The van der Waals surface area contributed by atoms with Gasteiger partial charge in [0.05, 0.1) is 11.0 Å². The second kappa shape index (κ2) is 15.9. The normalized spacial score (nSPS) is 13.2. The van der Waals surface area contributed by atoms with E-state index < -0.39 is 16.1 Å². The molecular weight excluding hydrogens is 861 g/mol. The molecule has 0 aliphatic carbocycles. The van der Waals surface area contributed by atoms with Gasteiger partial charge in [-0.15, -0.1) is 0 Å². The van der Waals surface area contributed by atoms with Crippen LogP contribution < -0.4 is 46.4 Å². The van der Waals surface area contributed by atoms with Crippen molar-refractivity contribution in [3.63, 3.8) is 0 Å². The van der Waals surface area contributed by atoms with Crippen molar-refractivity contribution in [2.24, 2.45) is 7.05 Å². The summed E-state index contributed by atoms with van der Waals surface area (Å²) in [5, 5.41) is 12.6. The second-order valence-electron chi connectivity index (χ2n) is 17.7. The standard InChI is InChI=1S/C61H44N4OSi2/c1-64-52-33-16-15-32-51(52)63-61(64)43-21-20-30-48(41-43)67(44-22-6-2-7-23-44,45-24-8-3-9-25-45)49-36-39-57-54(42-49)65(58-35-18-19-40-62-58)53-37-38-56-59(50-31-14-17-34-55(50)66-56)60(53)68(57,46-26-10-4-11-27-46)47-28-12-5-13-29-47/h2-42H,1H3. The molecule has 9 aromatic carbocycles. The molecule has 0 saturated carbocycles. The summed E-state index contributed by atoms with van der Waals surface area (Å²) >= 11 is 0. The quantitative estimate of drug-likeness (QED) is 0.113. The number of pyridine rings is 1. The van der Waals surface area contributed by atoms with Crippen molar-refractivity contribution in [3.8, 4) is 11.4 Å². The summed E-state index contributed by atoms with van der Waals surface area (Å²) in [4.78, 5) is 12.8. The third kappa shape index (κ3) is 5.86. The Labute approximate surface area is 396 Å². The Balaban J connectivity index is 1.18. The first-order valence-corrected chi connectivity index (χ1v) is 27.2. The van der Waals surface area contributed by atoms with Crippen LogP contribution in [0.15, 0.2) is 253 Å². The van der Waals surface area contributed by atoms with Crippen LogP contribution in [0.25, 0.3) is 44.4 Å². The highest BCUT2D eigenvalue weighted by molar-refractivity contribution is 7.23. The van der Waals surface area contributed by atoms with E-state index in [-0.39, 0.29) is 0 Å². The number of para-hydroxylation sites is 3. The summed E-state index contributed by atoms with van der Waals surface area (Å²) in [6.45, 7) is 0. The molecule has 68 heavy (non-hydrogen) atoms. The zero-order valence-electron chi connectivity index (χ0n) is 37.4. The van der Waals surface area contributed by atoms with Crippen molar-refractivity contribution in [2.45, 2.75) is 0 Å². The van der Waals surface area contributed by atoms with Gasteiger partial charge in [-0.2, -0.15) is 0 Å². The zero-order valence-corrected chi connectivity index (χ0v) is 39.4. The van der Waals surface area contributed by atoms with E-state index in [9.17, 15) is 0 Å². The minimum Gasteiger partial charge on any atom is -0.456 e. The van der Waals surface area contributed by atoms with Gasteiger partial charge in [-0.25, -0.2) is 9.97 Å². The number of hydrogen-bond acceptors (Lipinski definition) is 4. The van der Waals surface area contributed by atoms with Gasteiger partial charge in [0.25, 0.3) is 0 Å². The molecule has 322 valence electrons. The number of nitrogens with zero attached hydrogens (tertiary/aromatic N) is 4. The van der Waals surface area contributed by atoms with Gasteiger partial charge in [0.2, 0.25) is 0 Å². The van der Waals surface area contributed by atoms with E-state index in [1.54, 1.807) is 0 Å². The minimum absolute atomic E-state index is 0.860. The molecule has 0 spiro atoms. The summed E-state index contributed by atoms with van der Waals surface area (Å²) in [6, 6.07) is 89.4. The number of aryl methyl sites for hydroxylation is 1. The van der Waals surface area contributed by atoms with E-state index in [4.69, 9.17) is 14.4 Å². The number of imidazole rings is 1. The maximum Gasteiger partial charge on any atom is 0.185 e. The molecule has 3 aromatic heterocycles. The number of anilines is 3. The molecule has 0 bridgehead atoms. The molecule has 13 rings (SSSR count). The largest absolute Gasteiger partial charge is 0.456 e. The van der Waals surface area contributed by atoms with Crippen LogP contribution in [0.1, 0.15) is 0 Å². The Hall–Kier alpha value is -8.37. The molecule has 1 aliphatic rings. The molecule has 4 heterocycles. The van der Waals surface area contributed by atoms with Gasteiger partial charge in [-0.1, -0.05) is 194 Å². The van der Waals surface area contributed by atoms with Crippen molar-refractivity contribution in [2.75, 3.05) is 4.90 Å². The van der Waals surface area contributed by atoms with E-state index in [0.717, 1.165) is 61.6 Å². The van der Waals surface area contributed by atoms with Gasteiger partial charge in [0, 0.05) is 41.0 Å². The van der Waals surface area contributed by atoms with Crippen molar-refractivity contribution < 1.29 is 4.42 Å². The highest BCUT2D eigenvalue weighted by Gasteiger charge is 2.52. The first kappa shape index (κ1) is 40.0. The van der Waals surface area contributed by atoms with Crippen LogP contribution in [0, 0.1) is 0 Å². The summed E-state index contributed by atoms with van der Waals surface area (Å²) in [7, 11) is -4.25. The van der Waals surface area contributed by atoms with E-state index in [0.29, 0.717) is 0 Å². The molecule has 0 unspecified atom stereocenters. The average molecular weight is 905 g/mol. The van der Waals surface area contributed by atoms with Gasteiger partial charge in [0.1, 0.15) is 22.8 Å². The smallest absolute Gasteiger partial charge is 0.185 e. The lowest BCUT2D eigenvalue weighted by atomic mass is 10.1. The molecule has 0 amide bonds. The van der Waals surface area contributed by atoms with Gasteiger partial charge in [-0.05, 0) is 90.0 Å². The average Bonchev–Trinajstić information content (AvgIpc) is 3.97. The van der Waals surface area contributed by atoms with Gasteiger partial charge >= 0.3 is 0 Å². The molecule has 5 nitrogen and oxygen atoms in total. The van der Waals surface area contributed by atoms with E-state index in [2.05, 4.69) is 253 Å². The molecule has 7 heteroatoms. The SMILES string of the molecule is Cn1c(-c2cccc([Si](c3ccccc3)(c3ccccc3)c3ccc4c(c3)N(c3ccccn3)c3ccc5oc6ccccc6c5c3[Si]4(c3ccccc3)c3ccccc3)c2)nc2ccccc21. The Morgan fingerprint density at radius 1 is 0.485 bits per heavy atom. The van der Waals surface area contributed by atoms with Crippen LogP contribution >= 0.6 is 0 Å². The molecule has 1 aliphatic heterocycles. The first-order chi connectivity index (χ1) is 33.7. The lowest BCUT2D eigenvalue weighted by molar-refractivity contribution is 0.669. The van der Waals surface area contributed by atoms with Crippen molar-refractivity contribution in [1.29, 1.82) is 0 Å². The third-order valence-electron chi connectivity index (χ3n) is 14.3. The summed E-state index contributed by atoms with van der Waals surface area (Å²) in [5.41, 5.74) is 7.19. The molecule has 12 aromatic rings. The lowest BCUT2D eigenvalue weighted by Gasteiger charge is -2.46. The lowest BCUT2D eigenvalue weighted by Crippen LogP contribution is -2.78. The Morgan fingerprint density at radius 3 is 1.79 bits per heavy atom. The van der Waals surface area contributed by atoms with Gasteiger partial charge in [0.15, 0.2) is 16.1 Å². The number of fused-ring (bicyclic) bond motifs is 7. The summed E-state index contributed by atoms with van der Waals surface area (Å²) < 4.78 is 9.00. The molecule has 0 fully saturated rings.